The maximum absolute atomic E-state index is 13.2. The van der Waals surface area contributed by atoms with Crippen LogP contribution in [0.1, 0.15) is 18.4 Å². The van der Waals surface area contributed by atoms with Crippen LogP contribution in [0.4, 0.5) is 0 Å². The second-order valence-electron chi connectivity index (χ2n) is 7.60. The Bertz CT molecular complexity index is 1090. The van der Waals surface area contributed by atoms with Gasteiger partial charge in [0.25, 0.3) is 5.56 Å². The van der Waals surface area contributed by atoms with Crippen molar-refractivity contribution in [2.24, 2.45) is 0 Å². The molecule has 2 aromatic carbocycles. The van der Waals surface area contributed by atoms with E-state index in [1.54, 1.807) is 18.2 Å². The molecule has 1 saturated heterocycles. The lowest BCUT2D eigenvalue weighted by Crippen LogP contribution is -2.49. The number of aromatic nitrogens is 2. The number of rotatable bonds is 6. The Kier molecular flexibility index (Phi) is 6.49. The Morgan fingerprint density at radius 2 is 1.74 bits per heavy atom. The highest BCUT2D eigenvalue weighted by Gasteiger charge is 2.41. The van der Waals surface area contributed by atoms with E-state index in [0.717, 1.165) is 11.1 Å². The standard InChI is InChI=1S/C24H24ClN3O3/c25-20-8-6-18(7-9-20)21-10-11-22(29)28(27-21)15-14-26-23(30)24(12-16-31-17-13-24)19-4-2-1-3-5-19/h1-11H,12-17H2,(H,26,30). The fourth-order valence-electron chi connectivity index (χ4n) is 3.95. The maximum Gasteiger partial charge on any atom is 0.266 e. The number of ether oxygens (including phenoxy) is 1. The predicted octanol–water partition coefficient (Wildman–Crippen LogP) is 3.43. The van der Waals surface area contributed by atoms with Crippen molar-refractivity contribution in [3.63, 3.8) is 0 Å². The normalized spacial score (nSPS) is 15.4. The van der Waals surface area contributed by atoms with Crippen LogP contribution >= 0.6 is 11.6 Å². The molecule has 0 unspecified atom stereocenters. The van der Waals surface area contributed by atoms with Crippen LogP contribution in [0.3, 0.4) is 0 Å². The average molecular weight is 438 g/mol. The van der Waals surface area contributed by atoms with Gasteiger partial charge in [0.05, 0.1) is 17.7 Å². The fraction of sp³-hybridized carbons (Fsp3) is 0.292. The molecule has 7 heteroatoms. The van der Waals surface area contributed by atoms with Crippen molar-refractivity contribution in [1.29, 1.82) is 0 Å². The number of amides is 1. The van der Waals surface area contributed by atoms with Gasteiger partial charge in [-0.25, -0.2) is 4.68 Å². The van der Waals surface area contributed by atoms with Gasteiger partial charge in [0.15, 0.2) is 0 Å². The molecule has 0 spiro atoms. The van der Waals surface area contributed by atoms with Gasteiger partial charge in [-0.1, -0.05) is 54.1 Å². The van der Waals surface area contributed by atoms with Crippen molar-refractivity contribution in [1.82, 2.24) is 15.1 Å². The van der Waals surface area contributed by atoms with Gasteiger partial charge in [-0.05, 0) is 36.6 Å². The van der Waals surface area contributed by atoms with E-state index in [1.807, 2.05) is 42.5 Å². The zero-order valence-corrected chi connectivity index (χ0v) is 17.8. The van der Waals surface area contributed by atoms with Crippen LogP contribution in [-0.4, -0.2) is 35.4 Å². The Morgan fingerprint density at radius 3 is 2.45 bits per heavy atom. The van der Waals surface area contributed by atoms with E-state index in [1.165, 1.54) is 10.7 Å². The summed E-state index contributed by atoms with van der Waals surface area (Å²) in [4.78, 5) is 25.5. The van der Waals surface area contributed by atoms with Crippen molar-refractivity contribution in [2.75, 3.05) is 19.8 Å². The highest BCUT2D eigenvalue weighted by atomic mass is 35.5. The Hall–Kier alpha value is -2.96. The molecule has 1 aliphatic rings. The van der Waals surface area contributed by atoms with Crippen LogP contribution in [0.2, 0.25) is 5.02 Å². The summed E-state index contributed by atoms with van der Waals surface area (Å²) in [5.41, 5.74) is 1.72. The first-order valence-corrected chi connectivity index (χ1v) is 10.7. The lowest BCUT2D eigenvalue weighted by Gasteiger charge is -2.36. The molecule has 1 fully saturated rings. The minimum atomic E-state index is -0.608. The molecule has 1 aliphatic heterocycles. The number of halogens is 1. The summed E-state index contributed by atoms with van der Waals surface area (Å²) in [6.07, 6.45) is 1.26. The summed E-state index contributed by atoms with van der Waals surface area (Å²) in [6, 6.07) is 20.3. The van der Waals surface area contributed by atoms with E-state index in [2.05, 4.69) is 10.4 Å². The van der Waals surface area contributed by atoms with E-state index in [4.69, 9.17) is 16.3 Å². The number of hydrogen-bond donors (Lipinski definition) is 1. The highest BCUT2D eigenvalue weighted by Crippen LogP contribution is 2.35. The van der Waals surface area contributed by atoms with Crippen LogP contribution < -0.4 is 10.9 Å². The van der Waals surface area contributed by atoms with Gasteiger partial charge in [-0.2, -0.15) is 5.10 Å². The molecule has 2 heterocycles. The quantitative estimate of drug-likeness (QED) is 0.641. The molecule has 4 rings (SSSR count). The lowest BCUT2D eigenvalue weighted by molar-refractivity contribution is -0.130. The maximum atomic E-state index is 13.2. The van der Waals surface area contributed by atoms with E-state index in [0.29, 0.717) is 43.3 Å². The zero-order chi connectivity index (χ0) is 21.7. The monoisotopic (exact) mass is 437 g/mol. The van der Waals surface area contributed by atoms with E-state index in [-0.39, 0.29) is 18.0 Å². The molecule has 1 amide bonds. The van der Waals surface area contributed by atoms with Gasteiger partial charge in [0.1, 0.15) is 0 Å². The zero-order valence-electron chi connectivity index (χ0n) is 17.1. The van der Waals surface area contributed by atoms with Crippen molar-refractivity contribution in [2.45, 2.75) is 24.8 Å². The number of carbonyl (C=O) groups is 1. The summed E-state index contributed by atoms with van der Waals surface area (Å²) < 4.78 is 6.88. The largest absolute Gasteiger partial charge is 0.381 e. The average Bonchev–Trinajstić information content (AvgIpc) is 2.82. The molecule has 3 aromatic rings. The first kappa shape index (κ1) is 21.3. The van der Waals surface area contributed by atoms with E-state index in [9.17, 15) is 9.59 Å². The molecule has 0 aliphatic carbocycles. The summed E-state index contributed by atoms with van der Waals surface area (Å²) in [6.45, 7) is 1.69. The number of nitrogens with one attached hydrogen (secondary N) is 1. The van der Waals surface area contributed by atoms with Gasteiger partial charge >= 0.3 is 0 Å². The molecule has 0 atom stereocenters. The third kappa shape index (κ3) is 4.70. The highest BCUT2D eigenvalue weighted by molar-refractivity contribution is 6.30. The summed E-state index contributed by atoms with van der Waals surface area (Å²) in [5.74, 6) is -0.0381. The fourth-order valence-corrected chi connectivity index (χ4v) is 4.08. The lowest BCUT2D eigenvalue weighted by atomic mass is 9.73. The molecular formula is C24H24ClN3O3. The van der Waals surface area contributed by atoms with Gasteiger partial charge in [0.2, 0.25) is 5.91 Å². The van der Waals surface area contributed by atoms with E-state index >= 15 is 0 Å². The van der Waals surface area contributed by atoms with Crippen molar-refractivity contribution >= 4 is 17.5 Å². The SMILES string of the molecule is O=C(NCCn1nc(-c2ccc(Cl)cc2)ccc1=O)C1(c2ccccc2)CCOCC1. The third-order valence-corrected chi connectivity index (χ3v) is 5.98. The molecule has 0 saturated carbocycles. The smallest absolute Gasteiger partial charge is 0.266 e. The predicted molar refractivity (Wildman–Crippen MR) is 120 cm³/mol. The van der Waals surface area contributed by atoms with Gasteiger partial charge < -0.3 is 10.1 Å². The van der Waals surface area contributed by atoms with Crippen LogP contribution in [-0.2, 0) is 21.5 Å². The molecule has 6 nitrogen and oxygen atoms in total. The number of carbonyl (C=O) groups excluding carboxylic acids is 1. The first-order chi connectivity index (χ1) is 15.1. The minimum absolute atomic E-state index is 0.0381. The van der Waals surface area contributed by atoms with Gasteiger partial charge in [0, 0.05) is 36.4 Å². The second kappa shape index (κ2) is 9.45. The molecular weight excluding hydrogens is 414 g/mol. The Balaban J connectivity index is 1.47. The summed E-state index contributed by atoms with van der Waals surface area (Å²) in [5, 5.41) is 8.11. The molecule has 0 bridgehead atoms. The Labute approximate surface area is 185 Å². The van der Waals surface area contributed by atoms with Crippen molar-refractivity contribution in [3.05, 3.63) is 87.7 Å². The molecule has 1 aromatic heterocycles. The van der Waals surface area contributed by atoms with Crippen LogP contribution in [0.15, 0.2) is 71.5 Å². The van der Waals surface area contributed by atoms with Crippen molar-refractivity contribution in [3.8, 4) is 11.3 Å². The summed E-state index contributed by atoms with van der Waals surface area (Å²) >= 11 is 5.95. The van der Waals surface area contributed by atoms with Crippen LogP contribution in [0.25, 0.3) is 11.3 Å². The van der Waals surface area contributed by atoms with Gasteiger partial charge in [-0.3, -0.25) is 9.59 Å². The topological polar surface area (TPSA) is 73.2 Å². The molecule has 160 valence electrons. The van der Waals surface area contributed by atoms with Crippen molar-refractivity contribution < 1.29 is 9.53 Å². The third-order valence-electron chi connectivity index (χ3n) is 5.72. The van der Waals surface area contributed by atoms with Crippen LogP contribution in [0.5, 0.6) is 0 Å². The number of hydrogen-bond acceptors (Lipinski definition) is 4. The summed E-state index contributed by atoms with van der Waals surface area (Å²) in [7, 11) is 0. The molecule has 31 heavy (non-hydrogen) atoms. The number of nitrogens with zero attached hydrogens (tertiary/aromatic N) is 2. The minimum Gasteiger partial charge on any atom is -0.381 e. The number of benzene rings is 2. The second-order valence-corrected chi connectivity index (χ2v) is 8.04. The van der Waals surface area contributed by atoms with Crippen LogP contribution in [0, 0.1) is 0 Å². The Morgan fingerprint density at radius 1 is 1.03 bits per heavy atom. The molecule has 0 radical (unpaired) electrons. The molecule has 1 N–H and O–H groups in total. The first-order valence-electron chi connectivity index (χ1n) is 10.3. The van der Waals surface area contributed by atoms with Gasteiger partial charge in [-0.15, -0.1) is 0 Å². The van der Waals surface area contributed by atoms with E-state index < -0.39 is 5.41 Å².